The topological polar surface area (TPSA) is 99.2 Å². The highest BCUT2D eigenvalue weighted by Crippen LogP contribution is 2.33. The molecule has 32 heavy (non-hydrogen) atoms. The van der Waals surface area contributed by atoms with Gasteiger partial charge in [0.1, 0.15) is 23.2 Å². The quantitative estimate of drug-likeness (QED) is 0.448. The summed E-state index contributed by atoms with van der Waals surface area (Å²) in [6.07, 6.45) is 2.26. The van der Waals surface area contributed by atoms with Gasteiger partial charge in [0.2, 0.25) is 5.91 Å². The summed E-state index contributed by atoms with van der Waals surface area (Å²) in [5.74, 6) is 0.369. The van der Waals surface area contributed by atoms with Gasteiger partial charge in [0.15, 0.2) is 0 Å². The Balaban J connectivity index is 1.60. The summed E-state index contributed by atoms with van der Waals surface area (Å²) in [5, 5.41) is 7.49. The molecule has 0 saturated heterocycles. The van der Waals surface area contributed by atoms with Crippen LogP contribution >= 0.6 is 11.6 Å². The van der Waals surface area contributed by atoms with Gasteiger partial charge < -0.3 is 14.6 Å². The largest absolute Gasteiger partial charge is 0.497 e. The van der Waals surface area contributed by atoms with E-state index in [0.717, 1.165) is 17.7 Å². The molecule has 0 aliphatic heterocycles. The van der Waals surface area contributed by atoms with Crippen molar-refractivity contribution >= 4 is 34.3 Å². The van der Waals surface area contributed by atoms with E-state index in [1.807, 2.05) is 31.2 Å². The predicted molar refractivity (Wildman–Crippen MR) is 122 cm³/mol. The molecule has 1 N–H and O–H groups in total. The highest BCUT2D eigenvalue weighted by atomic mass is 35.5. The number of hydrogen-bond donors (Lipinski definition) is 1. The number of carbonyl (C=O) groups is 1. The van der Waals surface area contributed by atoms with Crippen molar-refractivity contribution in [2.75, 3.05) is 12.4 Å². The zero-order valence-corrected chi connectivity index (χ0v) is 18.3. The first-order valence-corrected chi connectivity index (χ1v) is 10.5. The molecule has 4 rings (SSSR count). The molecule has 0 spiro atoms. The van der Waals surface area contributed by atoms with Crippen molar-refractivity contribution in [2.45, 2.75) is 26.3 Å². The molecule has 4 aromatic rings. The predicted octanol–water partition coefficient (Wildman–Crippen LogP) is 4.30. The second-order valence-corrected chi connectivity index (χ2v) is 7.52. The normalized spacial score (nSPS) is 11.0. The Morgan fingerprint density at radius 3 is 2.84 bits per heavy atom. The molecular weight excluding hydrogens is 432 g/mol. The van der Waals surface area contributed by atoms with E-state index in [9.17, 15) is 9.59 Å². The standard InChI is InChI=1S/C23H21ClN4O4/c1-3-14-6-4-5-7-18(14)26-19(29)10-11-28-13-25-22-20(23(28)30)21(27-32-22)16-12-15(31-2)8-9-17(16)24/h4-9,12-13H,3,10-11H2,1-2H3,(H,26,29). The molecule has 0 aliphatic rings. The number of aryl methyl sites for hydroxylation is 2. The van der Waals surface area contributed by atoms with Crippen LogP contribution in [0, 0.1) is 0 Å². The molecule has 9 heteroatoms. The summed E-state index contributed by atoms with van der Waals surface area (Å²) in [6, 6.07) is 12.7. The summed E-state index contributed by atoms with van der Waals surface area (Å²) in [7, 11) is 1.53. The van der Waals surface area contributed by atoms with Gasteiger partial charge in [0, 0.05) is 24.2 Å². The van der Waals surface area contributed by atoms with Gasteiger partial charge in [-0.25, -0.2) is 4.98 Å². The minimum absolute atomic E-state index is 0.0986. The lowest BCUT2D eigenvalue weighted by molar-refractivity contribution is -0.116. The minimum atomic E-state index is -0.369. The Morgan fingerprint density at radius 2 is 2.06 bits per heavy atom. The van der Waals surface area contributed by atoms with Crippen LogP contribution in [0.15, 0.2) is 58.1 Å². The number of halogens is 1. The number of hydrogen-bond acceptors (Lipinski definition) is 6. The Labute approximate surface area is 188 Å². The number of nitrogens with one attached hydrogen (secondary N) is 1. The number of ether oxygens (including phenoxy) is 1. The number of rotatable bonds is 7. The van der Waals surface area contributed by atoms with E-state index in [-0.39, 0.29) is 41.2 Å². The lowest BCUT2D eigenvalue weighted by Gasteiger charge is -2.10. The van der Waals surface area contributed by atoms with Gasteiger partial charge >= 0.3 is 0 Å². The molecule has 2 heterocycles. The molecule has 0 atom stereocenters. The lowest BCUT2D eigenvalue weighted by Crippen LogP contribution is -2.23. The van der Waals surface area contributed by atoms with Crippen LogP contribution in [0.2, 0.25) is 5.02 Å². The van der Waals surface area contributed by atoms with E-state index in [2.05, 4.69) is 15.5 Å². The number of anilines is 1. The number of para-hydroxylation sites is 1. The van der Waals surface area contributed by atoms with E-state index in [1.165, 1.54) is 18.0 Å². The van der Waals surface area contributed by atoms with Gasteiger partial charge in [-0.2, -0.15) is 0 Å². The Kier molecular flexibility index (Phi) is 6.23. The summed E-state index contributed by atoms with van der Waals surface area (Å²) in [4.78, 5) is 29.8. The van der Waals surface area contributed by atoms with E-state index in [0.29, 0.717) is 16.3 Å². The maximum atomic E-state index is 13.1. The van der Waals surface area contributed by atoms with Crippen molar-refractivity contribution in [3.8, 4) is 17.0 Å². The van der Waals surface area contributed by atoms with E-state index >= 15 is 0 Å². The van der Waals surface area contributed by atoms with Crippen LogP contribution in [-0.2, 0) is 17.8 Å². The fourth-order valence-electron chi connectivity index (χ4n) is 3.42. The van der Waals surface area contributed by atoms with Crippen molar-refractivity contribution < 1.29 is 14.1 Å². The summed E-state index contributed by atoms with van der Waals surface area (Å²) < 4.78 is 11.9. The van der Waals surface area contributed by atoms with Gasteiger partial charge in [-0.15, -0.1) is 0 Å². The third-order valence-corrected chi connectivity index (χ3v) is 5.47. The zero-order valence-electron chi connectivity index (χ0n) is 17.6. The summed E-state index contributed by atoms with van der Waals surface area (Å²) in [6.45, 7) is 2.18. The molecule has 8 nitrogen and oxygen atoms in total. The van der Waals surface area contributed by atoms with Crippen LogP contribution in [0.5, 0.6) is 5.75 Å². The Bertz CT molecular complexity index is 1350. The molecule has 0 aliphatic carbocycles. The van der Waals surface area contributed by atoms with Crippen LogP contribution in [0.1, 0.15) is 18.9 Å². The van der Waals surface area contributed by atoms with Gasteiger partial charge in [-0.1, -0.05) is 41.9 Å². The molecule has 2 aromatic carbocycles. The number of benzene rings is 2. The fourth-order valence-corrected chi connectivity index (χ4v) is 3.63. The fraction of sp³-hybridized carbons (Fsp3) is 0.217. The van der Waals surface area contributed by atoms with Crippen LogP contribution in [0.3, 0.4) is 0 Å². The van der Waals surface area contributed by atoms with Crippen molar-refractivity contribution in [1.29, 1.82) is 0 Å². The number of methoxy groups -OCH3 is 1. The molecular formula is C23H21ClN4O4. The number of nitrogens with zero attached hydrogens (tertiary/aromatic N) is 3. The smallest absolute Gasteiger partial charge is 0.266 e. The van der Waals surface area contributed by atoms with Crippen LogP contribution in [0.25, 0.3) is 22.4 Å². The van der Waals surface area contributed by atoms with Crippen molar-refractivity contribution in [2.24, 2.45) is 0 Å². The minimum Gasteiger partial charge on any atom is -0.497 e. The average molecular weight is 453 g/mol. The first-order valence-electron chi connectivity index (χ1n) is 10.1. The third-order valence-electron chi connectivity index (χ3n) is 5.14. The first kappa shape index (κ1) is 21.6. The first-order chi connectivity index (χ1) is 15.5. The highest BCUT2D eigenvalue weighted by molar-refractivity contribution is 6.33. The van der Waals surface area contributed by atoms with Crippen molar-refractivity contribution in [3.63, 3.8) is 0 Å². The maximum absolute atomic E-state index is 13.1. The second kappa shape index (κ2) is 9.23. The van der Waals surface area contributed by atoms with Gasteiger partial charge in [-0.05, 0) is 36.2 Å². The number of fused-ring (bicyclic) bond motifs is 1. The molecule has 0 fully saturated rings. The highest BCUT2D eigenvalue weighted by Gasteiger charge is 2.20. The van der Waals surface area contributed by atoms with Crippen molar-refractivity contribution in [1.82, 2.24) is 14.7 Å². The van der Waals surface area contributed by atoms with Gasteiger partial charge in [0.25, 0.3) is 11.3 Å². The number of carbonyl (C=O) groups excluding carboxylic acids is 1. The van der Waals surface area contributed by atoms with E-state index in [4.69, 9.17) is 20.9 Å². The second-order valence-electron chi connectivity index (χ2n) is 7.11. The lowest BCUT2D eigenvalue weighted by atomic mass is 10.1. The van der Waals surface area contributed by atoms with E-state index < -0.39 is 0 Å². The molecule has 0 unspecified atom stereocenters. The molecule has 0 bridgehead atoms. The number of amides is 1. The molecule has 2 aromatic heterocycles. The molecule has 164 valence electrons. The molecule has 1 amide bonds. The summed E-state index contributed by atoms with van der Waals surface area (Å²) >= 11 is 6.32. The SMILES string of the molecule is CCc1ccccc1NC(=O)CCn1cnc2onc(-c3cc(OC)ccc3Cl)c2c1=O. The monoisotopic (exact) mass is 452 g/mol. The van der Waals surface area contributed by atoms with E-state index in [1.54, 1.807) is 18.2 Å². The zero-order chi connectivity index (χ0) is 22.7. The molecule has 0 radical (unpaired) electrons. The van der Waals surface area contributed by atoms with Gasteiger partial charge in [0.05, 0.1) is 12.1 Å². The third kappa shape index (κ3) is 4.22. The Hall–Kier alpha value is -3.65. The van der Waals surface area contributed by atoms with Crippen LogP contribution < -0.4 is 15.6 Å². The Morgan fingerprint density at radius 1 is 1.25 bits per heavy atom. The average Bonchev–Trinajstić information content (AvgIpc) is 3.24. The van der Waals surface area contributed by atoms with Crippen LogP contribution in [0.4, 0.5) is 5.69 Å². The summed E-state index contributed by atoms with van der Waals surface area (Å²) in [5.41, 5.74) is 2.32. The number of aromatic nitrogens is 3. The van der Waals surface area contributed by atoms with Crippen molar-refractivity contribution in [3.05, 3.63) is 69.7 Å². The van der Waals surface area contributed by atoms with Crippen LogP contribution in [-0.4, -0.2) is 27.7 Å². The molecule has 0 saturated carbocycles. The maximum Gasteiger partial charge on any atom is 0.266 e. The van der Waals surface area contributed by atoms with Gasteiger partial charge in [-0.3, -0.25) is 14.2 Å².